The van der Waals surface area contributed by atoms with Crippen LogP contribution < -0.4 is 0 Å². The van der Waals surface area contributed by atoms with Crippen LogP contribution in [0.15, 0.2) is 83.5 Å². The van der Waals surface area contributed by atoms with Gasteiger partial charge in [0.25, 0.3) is 0 Å². The summed E-state index contributed by atoms with van der Waals surface area (Å²) < 4.78 is 0.992. The molecule has 0 aliphatic heterocycles. The monoisotopic (exact) mass is 367 g/mol. The second kappa shape index (κ2) is 6.65. The van der Waals surface area contributed by atoms with Crippen molar-refractivity contribution >= 4 is 15.9 Å². The van der Waals surface area contributed by atoms with E-state index >= 15 is 0 Å². The van der Waals surface area contributed by atoms with Gasteiger partial charge >= 0.3 is 0 Å². The number of pyridine rings is 1. The van der Waals surface area contributed by atoms with Crippen LogP contribution in [0.3, 0.4) is 0 Å². The van der Waals surface area contributed by atoms with Crippen LogP contribution in [0.5, 0.6) is 0 Å². The molecule has 2 atom stereocenters. The largest absolute Gasteiger partial charge is 0.384 e. The van der Waals surface area contributed by atoms with Gasteiger partial charge in [-0.3, -0.25) is 4.98 Å². The van der Waals surface area contributed by atoms with Crippen LogP contribution in [0.4, 0.5) is 0 Å². The molecule has 116 valence electrons. The summed E-state index contributed by atoms with van der Waals surface area (Å²) in [5.74, 6) is -0.244. The van der Waals surface area contributed by atoms with E-state index < -0.39 is 5.60 Å². The van der Waals surface area contributed by atoms with E-state index in [1.165, 1.54) is 0 Å². The molecule has 2 aromatic carbocycles. The lowest BCUT2D eigenvalue weighted by Gasteiger charge is -2.33. The van der Waals surface area contributed by atoms with E-state index in [2.05, 4.69) is 20.9 Å². The van der Waals surface area contributed by atoms with Gasteiger partial charge in [-0.15, -0.1) is 0 Å². The van der Waals surface area contributed by atoms with E-state index in [1.807, 2.05) is 79.7 Å². The van der Waals surface area contributed by atoms with Crippen LogP contribution in [0.2, 0.25) is 0 Å². The lowest BCUT2D eigenvalue weighted by molar-refractivity contribution is 0.0380. The Kier molecular flexibility index (Phi) is 4.60. The molecule has 0 saturated carbocycles. The van der Waals surface area contributed by atoms with Gasteiger partial charge in [0, 0.05) is 10.7 Å². The van der Waals surface area contributed by atoms with Crippen molar-refractivity contribution in [3.05, 3.63) is 100 Å². The van der Waals surface area contributed by atoms with Crippen LogP contribution in [0.25, 0.3) is 0 Å². The minimum Gasteiger partial charge on any atom is -0.384 e. The maximum Gasteiger partial charge on any atom is 0.0992 e. The average Bonchev–Trinajstić information content (AvgIpc) is 2.57. The number of halogens is 1. The van der Waals surface area contributed by atoms with Crippen LogP contribution in [0.1, 0.15) is 29.7 Å². The standard InChI is InChI=1S/C20H18BrNO/c1-20(23,16-10-12-17(21)13-11-16)19(15-7-3-2-4-8-15)18-9-5-6-14-22-18/h2-14,19,23H,1H3/t19-,20-/m1/s1. The van der Waals surface area contributed by atoms with Crippen molar-refractivity contribution < 1.29 is 5.11 Å². The summed E-state index contributed by atoms with van der Waals surface area (Å²) in [6, 6.07) is 23.6. The highest BCUT2D eigenvalue weighted by molar-refractivity contribution is 9.10. The Hall–Kier alpha value is -1.97. The van der Waals surface area contributed by atoms with Crippen LogP contribution >= 0.6 is 15.9 Å². The van der Waals surface area contributed by atoms with Gasteiger partial charge in [0.05, 0.1) is 17.2 Å². The first-order valence-corrected chi connectivity index (χ1v) is 8.32. The highest BCUT2D eigenvalue weighted by Crippen LogP contribution is 2.40. The number of aromatic nitrogens is 1. The Balaban J connectivity index is 2.13. The fourth-order valence-corrected chi connectivity index (χ4v) is 3.19. The minimum absolute atomic E-state index is 0.244. The number of benzene rings is 2. The topological polar surface area (TPSA) is 33.1 Å². The Morgan fingerprint density at radius 1 is 0.913 bits per heavy atom. The van der Waals surface area contributed by atoms with Crippen molar-refractivity contribution in [3.63, 3.8) is 0 Å². The quantitative estimate of drug-likeness (QED) is 0.712. The normalized spacial score (nSPS) is 14.9. The van der Waals surface area contributed by atoms with Crippen molar-refractivity contribution in [2.45, 2.75) is 18.4 Å². The lowest BCUT2D eigenvalue weighted by atomic mass is 9.76. The Bertz CT molecular complexity index is 715. The van der Waals surface area contributed by atoms with Crippen molar-refractivity contribution in [2.24, 2.45) is 0 Å². The summed E-state index contributed by atoms with van der Waals surface area (Å²) in [6.07, 6.45) is 1.77. The summed E-state index contributed by atoms with van der Waals surface area (Å²) in [7, 11) is 0. The van der Waals surface area contributed by atoms with E-state index in [4.69, 9.17) is 0 Å². The second-order valence-corrected chi connectivity index (χ2v) is 6.67. The fraction of sp³-hybridized carbons (Fsp3) is 0.150. The summed E-state index contributed by atoms with van der Waals surface area (Å²) >= 11 is 3.45. The molecule has 0 aliphatic carbocycles. The molecule has 0 radical (unpaired) electrons. The van der Waals surface area contributed by atoms with Crippen molar-refractivity contribution in [3.8, 4) is 0 Å². The third-order valence-corrected chi connectivity index (χ3v) is 4.64. The average molecular weight is 368 g/mol. The van der Waals surface area contributed by atoms with E-state index in [9.17, 15) is 5.11 Å². The van der Waals surface area contributed by atoms with E-state index in [0.29, 0.717) is 0 Å². The summed E-state index contributed by atoms with van der Waals surface area (Å²) in [5.41, 5.74) is 1.68. The number of hydrogen-bond acceptors (Lipinski definition) is 2. The highest BCUT2D eigenvalue weighted by Gasteiger charge is 2.36. The smallest absolute Gasteiger partial charge is 0.0992 e. The number of rotatable bonds is 4. The Labute approximate surface area is 145 Å². The molecule has 0 bridgehead atoms. The lowest BCUT2D eigenvalue weighted by Crippen LogP contribution is -2.31. The number of nitrogens with zero attached hydrogens (tertiary/aromatic N) is 1. The molecule has 3 rings (SSSR count). The minimum atomic E-state index is -1.07. The zero-order valence-electron chi connectivity index (χ0n) is 12.9. The maximum absolute atomic E-state index is 11.4. The molecule has 0 amide bonds. The molecule has 0 spiro atoms. The Morgan fingerprint density at radius 3 is 2.17 bits per heavy atom. The molecule has 1 aromatic heterocycles. The summed E-state index contributed by atoms with van der Waals surface area (Å²) in [6.45, 7) is 1.85. The van der Waals surface area contributed by atoms with Crippen molar-refractivity contribution in [2.75, 3.05) is 0 Å². The number of hydrogen-bond donors (Lipinski definition) is 1. The molecule has 0 saturated heterocycles. The molecule has 1 heterocycles. The van der Waals surface area contributed by atoms with Gasteiger partial charge in [0.1, 0.15) is 0 Å². The first-order chi connectivity index (χ1) is 11.1. The van der Waals surface area contributed by atoms with Crippen LogP contribution in [-0.2, 0) is 5.60 Å². The third kappa shape index (κ3) is 3.36. The van der Waals surface area contributed by atoms with Crippen LogP contribution in [-0.4, -0.2) is 10.1 Å². The highest BCUT2D eigenvalue weighted by atomic mass is 79.9. The predicted molar refractivity (Wildman–Crippen MR) is 96.2 cm³/mol. The Morgan fingerprint density at radius 2 is 1.57 bits per heavy atom. The van der Waals surface area contributed by atoms with Gasteiger partial charge in [0.2, 0.25) is 0 Å². The molecule has 0 aliphatic rings. The first-order valence-electron chi connectivity index (χ1n) is 7.53. The third-order valence-electron chi connectivity index (χ3n) is 4.11. The maximum atomic E-state index is 11.4. The van der Waals surface area contributed by atoms with Crippen LogP contribution in [0, 0.1) is 0 Å². The summed E-state index contributed by atoms with van der Waals surface area (Å²) in [5, 5.41) is 11.4. The molecule has 3 heteroatoms. The van der Waals surface area contributed by atoms with Crippen molar-refractivity contribution in [1.82, 2.24) is 4.98 Å². The fourth-order valence-electron chi connectivity index (χ4n) is 2.93. The van der Waals surface area contributed by atoms with E-state index in [0.717, 1.165) is 21.3 Å². The van der Waals surface area contributed by atoms with Gasteiger partial charge in [-0.05, 0) is 42.3 Å². The van der Waals surface area contributed by atoms with Gasteiger partial charge in [0.15, 0.2) is 0 Å². The summed E-state index contributed by atoms with van der Waals surface area (Å²) in [4.78, 5) is 4.50. The van der Waals surface area contributed by atoms with Gasteiger partial charge in [-0.1, -0.05) is 64.5 Å². The molecule has 1 N–H and O–H groups in total. The molecule has 3 aromatic rings. The van der Waals surface area contributed by atoms with E-state index in [-0.39, 0.29) is 5.92 Å². The predicted octanol–water partition coefficient (Wildman–Crippen LogP) is 4.88. The second-order valence-electron chi connectivity index (χ2n) is 5.75. The SMILES string of the molecule is C[C@@](O)(c1ccc(Br)cc1)[C@H](c1ccccc1)c1ccccn1. The molecular weight excluding hydrogens is 350 g/mol. The van der Waals surface area contributed by atoms with Crippen molar-refractivity contribution in [1.29, 1.82) is 0 Å². The molecule has 0 unspecified atom stereocenters. The van der Waals surface area contributed by atoms with Gasteiger partial charge < -0.3 is 5.11 Å². The molecular formula is C20H18BrNO. The zero-order chi connectivity index (χ0) is 16.3. The van der Waals surface area contributed by atoms with E-state index in [1.54, 1.807) is 6.20 Å². The van der Waals surface area contributed by atoms with Gasteiger partial charge in [-0.2, -0.15) is 0 Å². The number of aliphatic hydroxyl groups is 1. The zero-order valence-corrected chi connectivity index (χ0v) is 14.4. The molecule has 23 heavy (non-hydrogen) atoms. The first kappa shape index (κ1) is 15.9. The van der Waals surface area contributed by atoms with Gasteiger partial charge in [-0.25, -0.2) is 0 Å². The molecule has 0 fully saturated rings. The molecule has 2 nitrogen and oxygen atoms in total.